The number of fused-ring (bicyclic) bond motifs is 1. The van der Waals surface area contributed by atoms with E-state index in [0.29, 0.717) is 19.1 Å². The van der Waals surface area contributed by atoms with Gasteiger partial charge in [-0.1, -0.05) is 6.07 Å². The van der Waals surface area contributed by atoms with Crippen molar-refractivity contribution in [3.05, 3.63) is 30.1 Å². The van der Waals surface area contributed by atoms with E-state index in [1.54, 1.807) is 6.20 Å². The average molecular weight is 337 g/mol. The van der Waals surface area contributed by atoms with Crippen LogP contribution in [-0.4, -0.2) is 56.4 Å². The first kappa shape index (κ1) is 15.5. The van der Waals surface area contributed by atoms with Crippen molar-refractivity contribution in [1.29, 1.82) is 0 Å². The van der Waals surface area contributed by atoms with Gasteiger partial charge >= 0.3 is 0 Å². The third kappa shape index (κ3) is 3.15. The predicted octanol–water partition coefficient (Wildman–Crippen LogP) is 0.612. The molecule has 3 heterocycles. The van der Waals surface area contributed by atoms with Gasteiger partial charge in [0, 0.05) is 49.9 Å². The molecule has 7 heteroatoms. The quantitative estimate of drug-likeness (QED) is 0.824. The number of sulfonamides is 1. The van der Waals surface area contributed by atoms with Crippen LogP contribution in [0, 0.1) is 11.3 Å². The molecule has 4 rings (SSSR count). The zero-order valence-electron chi connectivity index (χ0n) is 13.1. The van der Waals surface area contributed by atoms with Gasteiger partial charge in [0.25, 0.3) is 0 Å². The molecule has 0 aromatic carbocycles. The van der Waals surface area contributed by atoms with Gasteiger partial charge in [-0.2, -0.15) is 0 Å². The molecule has 2 atom stereocenters. The van der Waals surface area contributed by atoms with Gasteiger partial charge in [-0.25, -0.2) is 13.1 Å². The summed E-state index contributed by atoms with van der Waals surface area (Å²) in [7, 11) is -3.13. The van der Waals surface area contributed by atoms with Crippen molar-refractivity contribution >= 4 is 10.0 Å². The number of rotatable bonds is 6. The molecule has 0 unspecified atom stereocenters. The molecule has 0 radical (unpaired) electrons. The van der Waals surface area contributed by atoms with E-state index in [9.17, 15) is 8.42 Å². The normalized spacial score (nSPS) is 31.4. The minimum atomic E-state index is -3.13. The second kappa shape index (κ2) is 5.81. The number of aromatic nitrogens is 1. The molecule has 2 aliphatic heterocycles. The van der Waals surface area contributed by atoms with Gasteiger partial charge in [0.15, 0.2) is 0 Å². The number of hydrogen-bond donors (Lipinski definition) is 1. The molecule has 3 fully saturated rings. The van der Waals surface area contributed by atoms with Gasteiger partial charge in [-0.15, -0.1) is 0 Å². The summed E-state index contributed by atoms with van der Waals surface area (Å²) in [6, 6.07) is 4.04. The van der Waals surface area contributed by atoms with Gasteiger partial charge in [0.1, 0.15) is 0 Å². The summed E-state index contributed by atoms with van der Waals surface area (Å²) in [6.07, 6.45) is 5.28. The van der Waals surface area contributed by atoms with Crippen LogP contribution in [0.5, 0.6) is 0 Å². The van der Waals surface area contributed by atoms with Gasteiger partial charge in [-0.3, -0.25) is 9.88 Å². The Kier molecular flexibility index (Phi) is 3.91. The van der Waals surface area contributed by atoms with Gasteiger partial charge < -0.3 is 4.74 Å². The Bertz CT molecular complexity index is 662. The molecule has 0 amide bonds. The maximum atomic E-state index is 12.1. The van der Waals surface area contributed by atoms with Crippen LogP contribution in [0.1, 0.15) is 18.4 Å². The summed E-state index contributed by atoms with van der Waals surface area (Å²) in [5.41, 5.74) is 1.12. The standard InChI is InChI=1S/C16H23N3O3S/c20-23(21,15-3-4-15)18-10-16-11-19(8-14(16)9-22-12-16)7-13-2-1-5-17-6-13/h1-2,5-6,14-15,18H,3-4,7-12H2/t14-,16+/m0/s1. The molecular formula is C16H23N3O3S. The molecule has 3 aliphatic rings. The van der Waals surface area contributed by atoms with Crippen LogP contribution < -0.4 is 4.72 Å². The molecule has 23 heavy (non-hydrogen) atoms. The number of ether oxygens (including phenoxy) is 1. The number of likely N-dealkylation sites (tertiary alicyclic amines) is 1. The number of pyridine rings is 1. The molecule has 1 aliphatic carbocycles. The molecule has 0 spiro atoms. The van der Waals surface area contributed by atoms with Crippen LogP contribution in [0.2, 0.25) is 0 Å². The van der Waals surface area contributed by atoms with E-state index in [2.05, 4.69) is 20.7 Å². The maximum absolute atomic E-state index is 12.1. The third-order valence-corrected chi connectivity index (χ3v) is 7.21. The van der Waals surface area contributed by atoms with Crippen molar-refractivity contribution in [1.82, 2.24) is 14.6 Å². The minimum Gasteiger partial charge on any atom is -0.380 e. The van der Waals surface area contributed by atoms with E-state index < -0.39 is 10.0 Å². The summed E-state index contributed by atoms with van der Waals surface area (Å²) < 4.78 is 32.8. The lowest BCUT2D eigenvalue weighted by Gasteiger charge is -2.27. The van der Waals surface area contributed by atoms with Gasteiger partial charge in [-0.05, 0) is 24.5 Å². The van der Waals surface area contributed by atoms with Gasteiger partial charge in [0.2, 0.25) is 10.0 Å². The van der Waals surface area contributed by atoms with E-state index in [1.165, 1.54) is 5.56 Å². The predicted molar refractivity (Wildman–Crippen MR) is 86.2 cm³/mol. The van der Waals surface area contributed by atoms with Crippen molar-refractivity contribution in [2.45, 2.75) is 24.6 Å². The Morgan fingerprint density at radius 1 is 1.43 bits per heavy atom. The van der Waals surface area contributed by atoms with E-state index in [4.69, 9.17) is 4.74 Å². The number of nitrogens with one attached hydrogen (secondary N) is 1. The lowest BCUT2D eigenvalue weighted by molar-refractivity contribution is 0.128. The molecule has 1 saturated carbocycles. The fourth-order valence-electron chi connectivity index (χ4n) is 3.80. The Hall–Kier alpha value is -1.02. The van der Waals surface area contributed by atoms with Crippen LogP contribution in [0.3, 0.4) is 0 Å². The summed E-state index contributed by atoms with van der Waals surface area (Å²) in [5.74, 6) is 0.404. The summed E-state index contributed by atoms with van der Waals surface area (Å²) in [5, 5.41) is -0.160. The molecule has 0 bridgehead atoms. The van der Waals surface area contributed by atoms with Crippen molar-refractivity contribution < 1.29 is 13.2 Å². The van der Waals surface area contributed by atoms with Crippen LogP contribution in [0.25, 0.3) is 0 Å². The Balaban J connectivity index is 1.42. The fourth-order valence-corrected chi connectivity index (χ4v) is 5.28. The highest BCUT2D eigenvalue weighted by atomic mass is 32.2. The molecule has 1 N–H and O–H groups in total. The second-order valence-electron chi connectivity index (χ2n) is 7.17. The zero-order valence-corrected chi connectivity index (χ0v) is 14.0. The van der Waals surface area contributed by atoms with Crippen LogP contribution >= 0.6 is 0 Å². The maximum Gasteiger partial charge on any atom is 0.214 e. The first-order valence-corrected chi connectivity index (χ1v) is 9.80. The van der Waals surface area contributed by atoms with Crippen LogP contribution in [0.15, 0.2) is 24.5 Å². The van der Waals surface area contributed by atoms with Gasteiger partial charge in [0.05, 0.1) is 18.5 Å². The second-order valence-corrected chi connectivity index (χ2v) is 9.22. The largest absolute Gasteiger partial charge is 0.380 e. The van der Waals surface area contributed by atoms with Crippen molar-refractivity contribution in [3.63, 3.8) is 0 Å². The topological polar surface area (TPSA) is 71.5 Å². The zero-order chi connectivity index (χ0) is 15.9. The van der Waals surface area contributed by atoms with Crippen molar-refractivity contribution in [2.75, 3.05) is 32.8 Å². The number of nitrogens with zero attached hydrogens (tertiary/aromatic N) is 2. The molecular weight excluding hydrogens is 314 g/mol. The van der Waals surface area contributed by atoms with Crippen molar-refractivity contribution in [2.24, 2.45) is 11.3 Å². The first-order chi connectivity index (χ1) is 11.1. The highest BCUT2D eigenvalue weighted by Crippen LogP contribution is 2.41. The molecule has 1 aromatic rings. The Labute approximate surface area is 137 Å². The van der Waals surface area contributed by atoms with Crippen LogP contribution in [-0.2, 0) is 21.3 Å². The minimum absolute atomic E-state index is 0.0792. The molecule has 2 saturated heterocycles. The van der Waals surface area contributed by atoms with Crippen molar-refractivity contribution in [3.8, 4) is 0 Å². The molecule has 6 nitrogen and oxygen atoms in total. The smallest absolute Gasteiger partial charge is 0.214 e. The highest BCUT2D eigenvalue weighted by molar-refractivity contribution is 7.90. The monoisotopic (exact) mass is 337 g/mol. The fraction of sp³-hybridized carbons (Fsp3) is 0.688. The van der Waals surface area contributed by atoms with E-state index in [1.807, 2.05) is 12.3 Å². The Morgan fingerprint density at radius 3 is 3.04 bits per heavy atom. The highest BCUT2D eigenvalue weighted by Gasteiger charge is 2.51. The lowest BCUT2D eigenvalue weighted by atomic mass is 9.81. The number of hydrogen-bond acceptors (Lipinski definition) is 5. The summed E-state index contributed by atoms with van der Waals surface area (Å²) in [6.45, 7) is 4.57. The lowest BCUT2D eigenvalue weighted by Crippen LogP contribution is -2.43. The molecule has 126 valence electrons. The van der Waals surface area contributed by atoms with E-state index in [0.717, 1.165) is 39.1 Å². The van der Waals surface area contributed by atoms with E-state index >= 15 is 0 Å². The summed E-state index contributed by atoms with van der Waals surface area (Å²) in [4.78, 5) is 6.57. The SMILES string of the molecule is O=S(=O)(NC[C@@]12COC[C@@H]1CN(Cc1cccnc1)C2)C1CC1. The van der Waals surface area contributed by atoms with Crippen LogP contribution in [0.4, 0.5) is 0 Å². The Morgan fingerprint density at radius 2 is 2.30 bits per heavy atom. The van der Waals surface area contributed by atoms with E-state index in [-0.39, 0.29) is 10.7 Å². The average Bonchev–Trinajstić information content (AvgIpc) is 3.24. The first-order valence-electron chi connectivity index (χ1n) is 8.25. The molecule has 1 aromatic heterocycles. The third-order valence-electron chi connectivity index (χ3n) is 5.31. The summed E-state index contributed by atoms with van der Waals surface area (Å²) >= 11 is 0.